The van der Waals surface area contributed by atoms with E-state index in [1.165, 1.54) is 0 Å². The Kier molecular flexibility index (Phi) is 5.02. The lowest BCUT2D eigenvalue weighted by atomic mass is 10.1. The number of nitrogens with one attached hydrogen (secondary N) is 2. The number of rotatable bonds is 6. The smallest absolute Gasteiger partial charge is 0.248 e. The maximum Gasteiger partial charge on any atom is 0.248 e. The van der Waals surface area contributed by atoms with E-state index in [0.29, 0.717) is 30.6 Å². The minimum Gasteiger partial charge on any atom is -0.345 e. The molecule has 0 bridgehead atoms. The molecule has 2 unspecified atom stereocenters. The molecule has 1 aliphatic heterocycles. The molecular formula is C17H22N4O2. The molecule has 1 fully saturated rings. The fraction of sp³-hybridized carbons (Fsp3) is 0.471. The number of carbonyl (C=O) groups excluding carboxylic acids is 1. The predicted octanol–water partition coefficient (Wildman–Crippen LogP) is 1.98. The van der Waals surface area contributed by atoms with Crippen LogP contribution in [0, 0.1) is 0 Å². The van der Waals surface area contributed by atoms with Gasteiger partial charge in [0.15, 0.2) is 5.82 Å². The van der Waals surface area contributed by atoms with Crippen molar-refractivity contribution in [3.8, 4) is 0 Å². The number of nitrogens with zero attached hydrogens (tertiary/aromatic N) is 2. The molecule has 1 aromatic heterocycles. The van der Waals surface area contributed by atoms with E-state index in [1.54, 1.807) is 0 Å². The first kappa shape index (κ1) is 15.7. The highest BCUT2D eigenvalue weighted by molar-refractivity contribution is 5.76. The highest BCUT2D eigenvalue weighted by Crippen LogP contribution is 2.14. The van der Waals surface area contributed by atoms with Crippen molar-refractivity contribution in [2.24, 2.45) is 0 Å². The summed E-state index contributed by atoms with van der Waals surface area (Å²) in [5.41, 5.74) is 1.13. The molecule has 1 amide bonds. The van der Waals surface area contributed by atoms with Gasteiger partial charge in [-0.3, -0.25) is 4.79 Å². The Labute approximate surface area is 135 Å². The highest BCUT2D eigenvalue weighted by Gasteiger charge is 2.21. The van der Waals surface area contributed by atoms with Crippen LogP contribution in [-0.2, 0) is 11.2 Å². The molecule has 1 saturated heterocycles. The number of aromatic nitrogens is 2. The monoisotopic (exact) mass is 314 g/mol. The summed E-state index contributed by atoms with van der Waals surface area (Å²) in [5.74, 6) is 1.09. The average molecular weight is 314 g/mol. The van der Waals surface area contributed by atoms with Gasteiger partial charge in [0.2, 0.25) is 11.8 Å². The lowest BCUT2D eigenvalue weighted by Crippen LogP contribution is -2.33. The van der Waals surface area contributed by atoms with E-state index in [1.807, 2.05) is 37.3 Å². The number of amides is 1. The van der Waals surface area contributed by atoms with Gasteiger partial charge in [-0.1, -0.05) is 35.5 Å². The minimum absolute atomic E-state index is 0.0136. The molecule has 122 valence electrons. The first-order chi connectivity index (χ1) is 11.2. The lowest BCUT2D eigenvalue weighted by Gasteiger charge is -2.13. The van der Waals surface area contributed by atoms with Crippen LogP contribution in [0.25, 0.3) is 0 Å². The molecule has 1 aliphatic rings. The van der Waals surface area contributed by atoms with Gasteiger partial charge in [0, 0.05) is 18.9 Å². The van der Waals surface area contributed by atoms with Gasteiger partial charge < -0.3 is 15.2 Å². The standard InChI is InChI=1S/C17H22N4O2/c1-12(19-16(22)11-14-8-5-9-18-14)17-20-15(21-23-17)10-13-6-3-2-4-7-13/h2-4,6-7,12,14,18H,5,8-11H2,1H3,(H,19,22). The Hall–Kier alpha value is -2.21. The van der Waals surface area contributed by atoms with Crippen LogP contribution in [-0.4, -0.2) is 28.6 Å². The molecule has 6 nitrogen and oxygen atoms in total. The van der Waals surface area contributed by atoms with Crippen molar-refractivity contribution in [1.82, 2.24) is 20.8 Å². The van der Waals surface area contributed by atoms with E-state index >= 15 is 0 Å². The topological polar surface area (TPSA) is 80.0 Å². The molecule has 23 heavy (non-hydrogen) atoms. The van der Waals surface area contributed by atoms with Gasteiger partial charge in [-0.2, -0.15) is 4.98 Å². The van der Waals surface area contributed by atoms with Crippen molar-refractivity contribution in [2.45, 2.75) is 44.7 Å². The molecule has 1 aromatic carbocycles. The molecule has 3 rings (SSSR count). The number of benzene rings is 1. The molecular weight excluding hydrogens is 292 g/mol. The summed E-state index contributed by atoms with van der Waals surface area (Å²) in [7, 11) is 0. The predicted molar refractivity (Wildman–Crippen MR) is 85.7 cm³/mol. The van der Waals surface area contributed by atoms with Gasteiger partial charge in [0.05, 0.1) is 0 Å². The van der Waals surface area contributed by atoms with Crippen molar-refractivity contribution in [2.75, 3.05) is 6.54 Å². The Morgan fingerprint density at radius 2 is 2.26 bits per heavy atom. The Morgan fingerprint density at radius 3 is 3.00 bits per heavy atom. The Balaban J connectivity index is 1.53. The van der Waals surface area contributed by atoms with Crippen LogP contribution in [0.1, 0.15) is 49.5 Å². The zero-order chi connectivity index (χ0) is 16.1. The van der Waals surface area contributed by atoms with Crippen LogP contribution in [0.4, 0.5) is 0 Å². The maximum absolute atomic E-state index is 12.0. The second-order valence-electron chi connectivity index (χ2n) is 6.00. The first-order valence-electron chi connectivity index (χ1n) is 8.10. The van der Waals surface area contributed by atoms with Gasteiger partial charge >= 0.3 is 0 Å². The highest BCUT2D eigenvalue weighted by atomic mass is 16.5. The van der Waals surface area contributed by atoms with Crippen LogP contribution in [0.15, 0.2) is 34.9 Å². The quantitative estimate of drug-likeness (QED) is 0.852. The summed E-state index contributed by atoms with van der Waals surface area (Å²) in [6.45, 7) is 2.86. The fourth-order valence-electron chi connectivity index (χ4n) is 2.81. The Bertz CT molecular complexity index is 635. The van der Waals surface area contributed by atoms with Crippen LogP contribution < -0.4 is 10.6 Å². The van der Waals surface area contributed by atoms with Crippen molar-refractivity contribution < 1.29 is 9.32 Å². The van der Waals surface area contributed by atoms with E-state index in [-0.39, 0.29) is 11.9 Å². The molecule has 2 N–H and O–H groups in total. The Morgan fingerprint density at radius 1 is 1.43 bits per heavy atom. The summed E-state index contributed by atoms with van der Waals surface area (Å²) in [6, 6.07) is 10.00. The molecule has 0 radical (unpaired) electrons. The summed E-state index contributed by atoms with van der Waals surface area (Å²) in [6.07, 6.45) is 3.32. The normalized spacial score (nSPS) is 18.7. The summed E-state index contributed by atoms with van der Waals surface area (Å²) >= 11 is 0. The fourth-order valence-corrected chi connectivity index (χ4v) is 2.81. The second-order valence-corrected chi connectivity index (χ2v) is 6.00. The average Bonchev–Trinajstić information content (AvgIpc) is 3.20. The van der Waals surface area contributed by atoms with Gasteiger partial charge in [-0.15, -0.1) is 0 Å². The van der Waals surface area contributed by atoms with Crippen LogP contribution in [0.3, 0.4) is 0 Å². The molecule has 6 heteroatoms. The zero-order valence-corrected chi connectivity index (χ0v) is 13.3. The third-order valence-corrected chi connectivity index (χ3v) is 4.03. The number of hydrogen-bond donors (Lipinski definition) is 2. The molecule has 0 spiro atoms. The van der Waals surface area contributed by atoms with Gasteiger partial charge in [-0.05, 0) is 31.9 Å². The van der Waals surface area contributed by atoms with E-state index in [2.05, 4.69) is 20.8 Å². The van der Waals surface area contributed by atoms with E-state index in [9.17, 15) is 4.79 Å². The second kappa shape index (κ2) is 7.37. The number of hydrogen-bond acceptors (Lipinski definition) is 5. The third-order valence-electron chi connectivity index (χ3n) is 4.03. The zero-order valence-electron chi connectivity index (χ0n) is 13.3. The van der Waals surface area contributed by atoms with Crippen molar-refractivity contribution in [3.63, 3.8) is 0 Å². The third kappa shape index (κ3) is 4.39. The van der Waals surface area contributed by atoms with Crippen LogP contribution >= 0.6 is 0 Å². The minimum atomic E-state index is -0.277. The molecule has 2 atom stereocenters. The van der Waals surface area contributed by atoms with Crippen LogP contribution in [0.2, 0.25) is 0 Å². The van der Waals surface area contributed by atoms with Crippen LogP contribution in [0.5, 0.6) is 0 Å². The maximum atomic E-state index is 12.0. The van der Waals surface area contributed by atoms with Crippen molar-refractivity contribution in [1.29, 1.82) is 0 Å². The summed E-state index contributed by atoms with van der Waals surface area (Å²) in [4.78, 5) is 16.4. The van der Waals surface area contributed by atoms with E-state index in [4.69, 9.17) is 4.52 Å². The van der Waals surface area contributed by atoms with Gasteiger partial charge in [0.25, 0.3) is 0 Å². The van der Waals surface area contributed by atoms with Crippen molar-refractivity contribution in [3.05, 3.63) is 47.6 Å². The summed E-state index contributed by atoms with van der Waals surface area (Å²) in [5, 5.41) is 10.2. The van der Waals surface area contributed by atoms with E-state index < -0.39 is 0 Å². The van der Waals surface area contributed by atoms with E-state index in [0.717, 1.165) is 24.9 Å². The van der Waals surface area contributed by atoms with Crippen molar-refractivity contribution >= 4 is 5.91 Å². The molecule has 2 aromatic rings. The van der Waals surface area contributed by atoms with Gasteiger partial charge in [-0.25, -0.2) is 0 Å². The number of carbonyl (C=O) groups is 1. The lowest BCUT2D eigenvalue weighted by molar-refractivity contribution is -0.122. The summed E-state index contributed by atoms with van der Waals surface area (Å²) < 4.78 is 5.28. The molecule has 0 saturated carbocycles. The first-order valence-corrected chi connectivity index (χ1v) is 8.10. The SMILES string of the molecule is CC(NC(=O)CC1CCCN1)c1nc(Cc2ccccc2)no1. The van der Waals surface area contributed by atoms with Gasteiger partial charge in [0.1, 0.15) is 6.04 Å². The molecule has 0 aliphatic carbocycles. The molecule has 2 heterocycles. The largest absolute Gasteiger partial charge is 0.345 e.